The Morgan fingerprint density at radius 1 is 0.457 bits per heavy atom. The molecule has 0 aliphatic rings. The summed E-state index contributed by atoms with van der Waals surface area (Å²) < 4.78 is 0. The Morgan fingerprint density at radius 3 is 0.913 bits per heavy atom. The molecule has 46 heavy (non-hydrogen) atoms. The Morgan fingerprint density at radius 2 is 0.696 bits per heavy atom. The molecule has 14 nitrogen and oxygen atoms in total. The lowest BCUT2D eigenvalue weighted by Gasteiger charge is -2.26. The molecule has 0 saturated carbocycles. The summed E-state index contributed by atoms with van der Waals surface area (Å²) in [6, 6.07) is 15.8. The van der Waals surface area contributed by atoms with Crippen LogP contribution in [-0.4, -0.2) is 112 Å². The number of nitrogens with zero attached hydrogens (tertiary/aromatic N) is 2. The van der Waals surface area contributed by atoms with Crippen molar-refractivity contribution in [3.05, 3.63) is 59.7 Å². The average molecular weight is 637 g/mol. The first kappa shape index (κ1) is 36.3. The predicted octanol–water partition coefficient (Wildman–Crippen LogP) is -2.10. The molecule has 0 unspecified atom stereocenters. The van der Waals surface area contributed by atoms with Gasteiger partial charge in [-0.05, 0) is 32.7 Å². The van der Waals surface area contributed by atoms with Crippen molar-refractivity contribution in [3.63, 3.8) is 0 Å². The topological polar surface area (TPSA) is 227 Å². The summed E-state index contributed by atoms with van der Waals surface area (Å²) >= 11 is 0. The first-order chi connectivity index (χ1) is 22.3. The monoisotopic (exact) mass is 636 g/mol. The molecule has 0 atom stereocenters. The highest BCUT2D eigenvalue weighted by Gasteiger charge is 2.22. The first-order valence-electron chi connectivity index (χ1n) is 15.5. The van der Waals surface area contributed by atoms with Crippen LogP contribution in [0.25, 0.3) is 21.5 Å². The second kappa shape index (κ2) is 19.4. The number of benzene rings is 3. The summed E-state index contributed by atoms with van der Waals surface area (Å²) in [4.78, 5) is 54.6. The van der Waals surface area contributed by atoms with E-state index in [1.54, 1.807) is 9.80 Å². The largest absolute Gasteiger partial charge is 0.354 e. The van der Waals surface area contributed by atoms with E-state index < -0.39 is 0 Å². The van der Waals surface area contributed by atoms with Gasteiger partial charge >= 0.3 is 0 Å². The molecule has 3 aromatic rings. The van der Waals surface area contributed by atoms with Gasteiger partial charge in [0.25, 0.3) is 0 Å². The van der Waals surface area contributed by atoms with Crippen LogP contribution in [0.1, 0.15) is 11.1 Å². The summed E-state index contributed by atoms with van der Waals surface area (Å²) in [6.45, 7) is 3.12. The number of fused-ring (bicyclic) bond motifs is 2. The van der Waals surface area contributed by atoms with Crippen LogP contribution in [0.15, 0.2) is 48.5 Å². The van der Waals surface area contributed by atoms with E-state index >= 15 is 0 Å². The molecule has 0 aliphatic heterocycles. The molecule has 0 fully saturated rings. The second-order valence-electron chi connectivity index (χ2n) is 10.9. The molecule has 3 aromatic carbocycles. The highest BCUT2D eigenvalue weighted by Crippen LogP contribution is 2.34. The molecule has 0 aromatic heterocycles. The van der Waals surface area contributed by atoms with Gasteiger partial charge in [-0.2, -0.15) is 0 Å². The number of nitrogens with one attached hydrogen (secondary N) is 4. The van der Waals surface area contributed by atoms with E-state index in [4.69, 9.17) is 22.9 Å². The molecule has 14 heteroatoms. The van der Waals surface area contributed by atoms with Gasteiger partial charge in [0, 0.05) is 65.4 Å². The molecule has 0 spiro atoms. The Balaban J connectivity index is 2.07. The van der Waals surface area contributed by atoms with Crippen LogP contribution >= 0.6 is 0 Å². The van der Waals surface area contributed by atoms with Crippen molar-refractivity contribution in [2.24, 2.45) is 22.9 Å². The maximum absolute atomic E-state index is 12.8. The first-order valence-corrected chi connectivity index (χ1v) is 15.5. The molecule has 3 rings (SSSR count). The van der Waals surface area contributed by atoms with Gasteiger partial charge in [-0.3, -0.25) is 29.0 Å². The zero-order valence-electron chi connectivity index (χ0n) is 26.4. The van der Waals surface area contributed by atoms with Gasteiger partial charge in [-0.1, -0.05) is 48.5 Å². The molecular weight excluding hydrogens is 588 g/mol. The van der Waals surface area contributed by atoms with E-state index in [9.17, 15) is 19.2 Å². The van der Waals surface area contributed by atoms with Crippen molar-refractivity contribution in [1.82, 2.24) is 31.1 Å². The number of hydrogen-bond acceptors (Lipinski definition) is 10. The summed E-state index contributed by atoms with van der Waals surface area (Å²) in [5, 5.41) is 14.9. The lowest BCUT2D eigenvalue weighted by Crippen LogP contribution is -2.44. The van der Waals surface area contributed by atoms with Crippen LogP contribution in [0.2, 0.25) is 0 Å². The highest BCUT2D eigenvalue weighted by molar-refractivity contribution is 6.06. The highest BCUT2D eigenvalue weighted by atomic mass is 16.2. The normalized spacial score (nSPS) is 11.3. The van der Waals surface area contributed by atoms with Crippen LogP contribution in [-0.2, 0) is 32.3 Å². The lowest BCUT2D eigenvalue weighted by atomic mass is 9.91. The van der Waals surface area contributed by atoms with Gasteiger partial charge in [0.15, 0.2) is 0 Å². The maximum Gasteiger partial charge on any atom is 0.234 e. The van der Waals surface area contributed by atoms with Crippen LogP contribution < -0.4 is 44.2 Å². The number of carbonyl (C=O) groups is 4. The molecule has 0 aliphatic carbocycles. The summed E-state index contributed by atoms with van der Waals surface area (Å²) in [7, 11) is 0. The third-order valence-corrected chi connectivity index (χ3v) is 7.25. The zero-order valence-corrected chi connectivity index (χ0v) is 26.4. The molecule has 4 amide bonds. The van der Waals surface area contributed by atoms with Crippen molar-refractivity contribution < 1.29 is 19.2 Å². The molecule has 0 bridgehead atoms. The minimum Gasteiger partial charge on any atom is -0.354 e. The van der Waals surface area contributed by atoms with Gasteiger partial charge in [0.05, 0.1) is 26.2 Å². The van der Waals surface area contributed by atoms with Gasteiger partial charge in [0.1, 0.15) is 0 Å². The van der Waals surface area contributed by atoms with Crippen molar-refractivity contribution >= 4 is 45.2 Å². The predicted molar refractivity (Wildman–Crippen MR) is 180 cm³/mol. The van der Waals surface area contributed by atoms with Gasteiger partial charge in [0.2, 0.25) is 23.6 Å². The average Bonchev–Trinajstić information content (AvgIpc) is 3.05. The van der Waals surface area contributed by atoms with E-state index in [1.165, 1.54) is 0 Å². The van der Waals surface area contributed by atoms with E-state index in [2.05, 4.69) is 21.3 Å². The summed E-state index contributed by atoms with van der Waals surface area (Å²) in [6.07, 6.45) is 0. The third-order valence-electron chi connectivity index (χ3n) is 7.25. The van der Waals surface area contributed by atoms with E-state index in [0.717, 1.165) is 32.7 Å². The Bertz CT molecular complexity index is 1260. The maximum atomic E-state index is 12.8. The van der Waals surface area contributed by atoms with E-state index in [0.29, 0.717) is 65.4 Å². The van der Waals surface area contributed by atoms with Crippen LogP contribution in [0.4, 0.5) is 0 Å². The van der Waals surface area contributed by atoms with Crippen molar-refractivity contribution in [2.45, 2.75) is 13.1 Å². The minimum atomic E-state index is -0.237. The minimum absolute atomic E-state index is 0.00987. The number of amides is 4. The van der Waals surface area contributed by atoms with Crippen molar-refractivity contribution in [1.29, 1.82) is 0 Å². The van der Waals surface area contributed by atoms with Gasteiger partial charge in [-0.25, -0.2) is 0 Å². The molecule has 0 heterocycles. The fourth-order valence-electron chi connectivity index (χ4n) is 5.31. The quantitative estimate of drug-likeness (QED) is 0.0630. The molecule has 0 saturated heterocycles. The smallest absolute Gasteiger partial charge is 0.234 e. The number of hydrogen-bond donors (Lipinski definition) is 8. The number of nitrogens with two attached hydrogens (primary N) is 4. The number of rotatable bonds is 20. The zero-order chi connectivity index (χ0) is 33.3. The second-order valence-corrected chi connectivity index (χ2v) is 10.9. The van der Waals surface area contributed by atoms with Crippen LogP contribution in [0.3, 0.4) is 0 Å². The van der Waals surface area contributed by atoms with Crippen molar-refractivity contribution in [3.8, 4) is 0 Å². The molecule has 250 valence electrons. The summed E-state index contributed by atoms with van der Waals surface area (Å²) in [5.74, 6) is -0.949. The Hall–Kier alpha value is -4.18. The van der Waals surface area contributed by atoms with Gasteiger partial charge < -0.3 is 44.2 Å². The fourth-order valence-corrected chi connectivity index (χ4v) is 5.31. The third kappa shape index (κ3) is 11.0. The SMILES string of the molecule is NCCNC(=O)CN(CC(=O)NCCN)Cc1c2ccccc2c(CN(CC(=O)NCCN)CC(=O)NCCN)c2ccccc12. The molecular formula is C32H48N10O4. The van der Waals surface area contributed by atoms with Crippen molar-refractivity contribution in [2.75, 3.05) is 78.5 Å². The number of carbonyl (C=O) groups excluding carboxylic acids is 4. The lowest BCUT2D eigenvalue weighted by molar-refractivity contribution is -0.127. The summed E-state index contributed by atoms with van der Waals surface area (Å²) in [5.41, 5.74) is 24.2. The molecule has 0 radical (unpaired) electrons. The van der Waals surface area contributed by atoms with Crippen LogP contribution in [0.5, 0.6) is 0 Å². The van der Waals surface area contributed by atoms with E-state index in [-0.39, 0.29) is 49.8 Å². The Kier molecular flexibility index (Phi) is 15.3. The van der Waals surface area contributed by atoms with E-state index in [1.807, 2.05) is 48.5 Å². The van der Waals surface area contributed by atoms with Gasteiger partial charge in [-0.15, -0.1) is 0 Å². The fraction of sp³-hybridized carbons (Fsp3) is 0.438. The molecule has 12 N–H and O–H groups in total. The van der Waals surface area contributed by atoms with Crippen LogP contribution in [0, 0.1) is 0 Å². The standard InChI is InChI=1S/C32H48N10O4/c33-9-13-37-29(43)19-41(20-30(44)38-14-10-34)17-27-23-5-1-2-6-24(23)28(26-8-4-3-7-25(26)27)18-42(21-31(45)39-15-11-35)22-32(46)40-16-12-36/h1-8H,9-22,33-36H2,(H,37,43)(H,38,44)(H,39,45)(H,40,46). The Labute approximate surface area is 269 Å².